The van der Waals surface area contributed by atoms with E-state index in [1.165, 1.54) is 18.4 Å². The second kappa shape index (κ2) is 6.97. The van der Waals surface area contributed by atoms with Crippen molar-refractivity contribution in [1.29, 1.82) is 0 Å². The number of aryl methyl sites for hydroxylation is 1. The van der Waals surface area contributed by atoms with Crippen molar-refractivity contribution in [1.82, 2.24) is 4.98 Å². The lowest BCUT2D eigenvalue weighted by atomic mass is 9.99. The SMILES string of the molecule is COc1cccc2c(C)cc(NCC[C@H]3CCCOC3)nc12. The largest absolute Gasteiger partial charge is 0.494 e. The molecule has 22 heavy (non-hydrogen) atoms. The first-order valence-electron chi connectivity index (χ1n) is 8.04. The minimum Gasteiger partial charge on any atom is -0.494 e. The number of rotatable bonds is 5. The van der Waals surface area contributed by atoms with Crippen molar-refractivity contribution in [2.75, 3.05) is 32.2 Å². The average molecular weight is 300 g/mol. The zero-order valence-corrected chi connectivity index (χ0v) is 13.4. The van der Waals surface area contributed by atoms with Crippen molar-refractivity contribution in [2.45, 2.75) is 26.2 Å². The van der Waals surface area contributed by atoms with E-state index >= 15 is 0 Å². The zero-order chi connectivity index (χ0) is 15.4. The fraction of sp³-hybridized carbons (Fsp3) is 0.500. The summed E-state index contributed by atoms with van der Waals surface area (Å²) in [6.07, 6.45) is 3.60. The normalized spacial score (nSPS) is 18.4. The predicted molar refractivity (Wildman–Crippen MR) is 89.7 cm³/mol. The van der Waals surface area contributed by atoms with E-state index in [0.717, 1.165) is 48.6 Å². The number of aromatic nitrogens is 1. The van der Waals surface area contributed by atoms with Gasteiger partial charge < -0.3 is 14.8 Å². The molecule has 0 radical (unpaired) electrons. The van der Waals surface area contributed by atoms with E-state index in [4.69, 9.17) is 14.5 Å². The van der Waals surface area contributed by atoms with Crippen LogP contribution in [0.5, 0.6) is 5.75 Å². The van der Waals surface area contributed by atoms with Crippen LogP contribution < -0.4 is 10.1 Å². The first-order valence-corrected chi connectivity index (χ1v) is 8.04. The van der Waals surface area contributed by atoms with Gasteiger partial charge in [-0.15, -0.1) is 0 Å². The topological polar surface area (TPSA) is 43.4 Å². The maximum absolute atomic E-state index is 5.53. The molecule has 1 atom stereocenters. The Kier molecular flexibility index (Phi) is 4.78. The molecule has 4 nitrogen and oxygen atoms in total. The fourth-order valence-corrected chi connectivity index (χ4v) is 3.09. The van der Waals surface area contributed by atoms with Gasteiger partial charge in [-0.05, 0) is 49.8 Å². The summed E-state index contributed by atoms with van der Waals surface area (Å²) >= 11 is 0. The van der Waals surface area contributed by atoms with Crippen molar-refractivity contribution in [3.63, 3.8) is 0 Å². The minimum atomic E-state index is 0.678. The first kappa shape index (κ1) is 15.1. The molecule has 0 amide bonds. The molecule has 4 heteroatoms. The lowest BCUT2D eigenvalue weighted by Gasteiger charge is -2.22. The van der Waals surface area contributed by atoms with Crippen LogP contribution in [0.4, 0.5) is 5.82 Å². The van der Waals surface area contributed by atoms with E-state index in [2.05, 4.69) is 24.4 Å². The molecular formula is C18H24N2O2. The number of fused-ring (bicyclic) bond motifs is 1. The third kappa shape index (κ3) is 3.33. The van der Waals surface area contributed by atoms with E-state index in [9.17, 15) is 0 Å². The Balaban J connectivity index is 1.71. The summed E-state index contributed by atoms with van der Waals surface area (Å²) in [5, 5.41) is 4.60. The number of para-hydroxylation sites is 1. The van der Waals surface area contributed by atoms with Gasteiger partial charge in [0.2, 0.25) is 0 Å². The molecular weight excluding hydrogens is 276 g/mol. The summed E-state index contributed by atoms with van der Waals surface area (Å²) in [6, 6.07) is 8.16. The number of benzene rings is 1. The summed E-state index contributed by atoms with van der Waals surface area (Å²) < 4.78 is 11.0. The Labute approximate surface area is 131 Å². The second-order valence-corrected chi connectivity index (χ2v) is 5.98. The molecule has 118 valence electrons. The number of methoxy groups -OCH3 is 1. The number of hydrogen-bond donors (Lipinski definition) is 1. The highest BCUT2D eigenvalue weighted by Gasteiger charge is 2.13. The van der Waals surface area contributed by atoms with Gasteiger partial charge in [-0.25, -0.2) is 4.98 Å². The molecule has 1 aromatic carbocycles. The summed E-state index contributed by atoms with van der Waals surface area (Å²) in [7, 11) is 1.69. The van der Waals surface area contributed by atoms with Gasteiger partial charge in [-0.1, -0.05) is 12.1 Å². The number of hydrogen-bond acceptors (Lipinski definition) is 4. The zero-order valence-electron chi connectivity index (χ0n) is 13.4. The van der Waals surface area contributed by atoms with Crippen LogP contribution in [0, 0.1) is 12.8 Å². The molecule has 2 aromatic rings. The van der Waals surface area contributed by atoms with Gasteiger partial charge in [-0.3, -0.25) is 0 Å². The highest BCUT2D eigenvalue weighted by molar-refractivity contribution is 5.88. The second-order valence-electron chi connectivity index (χ2n) is 5.98. The fourth-order valence-electron chi connectivity index (χ4n) is 3.09. The Morgan fingerprint density at radius 2 is 2.32 bits per heavy atom. The van der Waals surface area contributed by atoms with Gasteiger partial charge in [0.25, 0.3) is 0 Å². The van der Waals surface area contributed by atoms with E-state index in [-0.39, 0.29) is 0 Å². The maximum atomic E-state index is 5.53. The Morgan fingerprint density at radius 3 is 3.09 bits per heavy atom. The highest BCUT2D eigenvalue weighted by Crippen LogP contribution is 2.28. The Bertz CT molecular complexity index is 636. The van der Waals surface area contributed by atoms with Gasteiger partial charge in [0.15, 0.2) is 0 Å². The molecule has 1 N–H and O–H groups in total. The molecule has 3 rings (SSSR count). The first-order chi connectivity index (χ1) is 10.8. The van der Waals surface area contributed by atoms with Crippen molar-refractivity contribution in [2.24, 2.45) is 5.92 Å². The standard InChI is InChI=1S/C18H24N2O2/c1-13-11-17(19-9-8-14-5-4-10-22-12-14)20-18-15(13)6-3-7-16(18)21-2/h3,6-7,11,14H,4-5,8-10,12H2,1-2H3,(H,19,20)/t14-/m1/s1. The van der Waals surface area contributed by atoms with Crippen LogP contribution in [0.2, 0.25) is 0 Å². The smallest absolute Gasteiger partial charge is 0.145 e. The van der Waals surface area contributed by atoms with Crippen LogP contribution in [0.3, 0.4) is 0 Å². The van der Waals surface area contributed by atoms with E-state index < -0.39 is 0 Å². The molecule has 1 fully saturated rings. The molecule has 0 aliphatic carbocycles. The van der Waals surface area contributed by atoms with E-state index in [1.807, 2.05) is 12.1 Å². The molecule has 1 aliphatic heterocycles. The molecule has 0 spiro atoms. The van der Waals surface area contributed by atoms with Crippen LogP contribution in [-0.2, 0) is 4.74 Å². The third-order valence-electron chi connectivity index (χ3n) is 4.34. The van der Waals surface area contributed by atoms with Crippen molar-refractivity contribution in [3.8, 4) is 5.75 Å². The number of nitrogens with one attached hydrogen (secondary N) is 1. The Morgan fingerprint density at radius 1 is 1.41 bits per heavy atom. The molecule has 0 unspecified atom stereocenters. The van der Waals surface area contributed by atoms with Gasteiger partial charge in [0, 0.05) is 25.1 Å². The van der Waals surface area contributed by atoms with Crippen LogP contribution in [-0.4, -0.2) is 31.9 Å². The van der Waals surface area contributed by atoms with Gasteiger partial charge in [0.1, 0.15) is 17.1 Å². The molecule has 2 heterocycles. The van der Waals surface area contributed by atoms with E-state index in [0.29, 0.717) is 5.92 Å². The Hall–Kier alpha value is -1.81. The highest BCUT2D eigenvalue weighted by atomic mass is 16.5. The summed E-state index contributed by atoms with van der Waals surface area (Å²) in [5.41, 5.74) is 2.14. The van der Waals surface area contributed by atoms with Crippen LogP contribution in [0.15, 0.2) is 24.3 Å². The van der Waals surface area contributed by atoms with Crippen LogP contribution >= 0.6 is 0 Å². The molecule has 1 saturated heterocycles. The monoisotopic (exact) mass is 300 g/mol. The maximum Gasteiger partial charge on any atom is 0.145 e. The summed E-state index contributed by atoms with van der Waals surface area (Å²) in [4.78, 5) is 4.72. The lowest BCUT2D eigenvalue weighted by Crippen LogP contribution is -2.20. The minimum absolute atomic E-state index is 0.678. The van der Waals surface area contributed by atoms with Crippen molar-refractivity contribution < 1.29 is 9.47 Å². The lowest BCUT2D eigenvalue weighted by molar-refractivity contribution is 0.0530. The number of ether oxygens (including phenoxy) is 2. The summed E-state index contributed by atoms with van der Waals surface area (Å²) in [6.45, 7) is 4.87. The molecule has 0 saturated carbocycles. The average Bonchev–Trinajstić information content (AvgIpc) is 2.55. The molecule has 1 aromatic heterocycles. The molecule has 0 bridgehead atoms. The number of pyridine rings is 1. The number of anilines is 1. The van der Waals surface area contributed by atoms with E-state index in [1.54, 1.807) is 7.11 Å². The quantitative estimate of drug-likeness (QED) is 0.912. The third-order valence-corrected chi connectivity index (χ3v) is 4.34. The molecule has 1 aliphatic rings. The van der Waals surface area contributed by atoms with Gasteiger partial charge in [0.05, 0.1) is 7.11 Å². The van der Waals surface area contributed by atoms with Crippen LogP contribution in [0.25, 0.3) is 10.9 Å². The van der Waals surface area contributed by atoms with Crippen molar-refractivity contribution in [3.05, 3.63) is 29.8 Å². The summed E-state index contributed by atoms with van der Waals surface area (Å²) in [5.74, 6) is 2.42. The van der Waals surface area contributed by atoms with Crippen molar-refractivity contribution >= 4 is 16.7 Å². The van der Waals surface area contributed by atoms with Gasteiger partial charge >= 0.3 is 0 Å². The predicted octanol–water partition coefficient (Wildman–Crippen LogP) is 3.78. The number of nitrogens with zero attached hydrogens (tertiary/aromatic N) is 1. The van der Waals surface area contributed by atoms with Gasteiger partial charge in [-0.2, -0.15) is 0 Å². The van der Waals surface area contributed by atoms with Crippen LogP contribution in [0.1, 0.15) is 24.8 Å².